The standard InChI is InChI=1S/Au.3H3O4P/c;3*1-5(2,3)4/h;3*(H3,1,2,3,4)/q+3;;;/p-3. The molecular formula is H6AuO12P3. The third kappa shape index (κ3) is 2600. The minimum absolute atomic E-state index is 0. The minimum Gasteiger partial charge on any atom is -0.756 e. The zero-order valence-electron chi connectivity index (χ0n) is 6.78. The molecule has 0 aliphatic rings. The first kappa shape index (κ1) is 25.8. The van der Waals surface area contributed by atoms with Crippen molar-refractivity contribution in [1.82, 2.24) is 0 Å². The Bertz CT molecular complexity index is 202. The molecule has 12 nitrogen and oxygen atoms in total. The van der Waals surface area contributed by atoms with Gasteiger partial charge in [0.1, 0.15) is 0 Å². The van der Waals surface area contributed by atoms with Gasteiger partial charge in [0.15, 0.2) is 0 Å². The summed E-state index contributed by atoms with van der Waals surface area (Å²) in [6, 6.07) is 0. The van der Waals surface area contributed by atoms with Crippen molar-refractivity contribution < 1.29 is 80.1 Å². The molecule has 16 heavy (non-hydrogen) atoms. The maximum atomic E-state index is 8.77. The van der Waals surface area contributed by atoms with Crippen LogP contribution in [0.25, 0.3) is 0 Å². The van der Waals surface area contributed by atoms with E-state index in [4.69, 9.17) is 57.7 Å². The topological polar surface area (TPSA) is 242 Å². The van der Waals surface area contributed by atoms with Crippen molar-refractivity contribution in [3.63, 3.8) is 0 Å². The Morgan fingerprint density at radius 3 is 0.562 bits per heavy atom. The van der Waals surface area contributed by atoms with E-state index < -0.39 is 23.5 Å². The predicted molar refractivity (Wildman–Crippen MR) is 36.1 cm³/mol. The normalized spacial score (nSPS) is 11.1. The van der Waals surface area contributed by atoms with Crippen LogP contribution in [0.4, 0.5) is 0 Å². The number of hydrogen-bond acceptors (Lipinski definition) is 6. The van der Waals surface area contributed by atoms with Gasteiger partial charge in [0.05, 0.1) is 0 Å². The zero-order chi connectivity index (χ0) is 13.5. The molecule has 6 N–H and O–H groups in total. The van der Waals surface area contributed by atoms with E-state index in [0.29, 0.717) is 0 Å². The van der Waals surface area contributed by atoms with E-state index in [9.17, 15) is 0 Å². The molecule has 0 atom stereocenters. The van der Waals surface area contributed by atoms with Crippen LogP contribution >= 0.6 is 23.5 Å². The van der Waals surface area contributed by atoms with E-state index >= 15 is 0 Å². The average molecular weight is 488 g/mol. The van der Waals surface area contributed by atoms with E-state index in [0.717, 1.165) is 0 Å². The van der Waals surface area contributed by atoms with Gasteiger partial charge in [0, 0.05) is 0 Å². The molecule has 0 aliphatic heterocycles. The maximum Gasteiger partial charge on any atom is 3.00 e. The van der Waals surface area contributed by atoms with Gasteiger partial charge in [-0.1, -0.05) is 0 Å². The van der Waals surface area contributed by atoms with Crippen LogP contribution in [-0.2, 0) is 36.1 Å². The third-order valence-electron chi connectivity index (χ3n) is 0. The summed E-state index contributed by atoms with van der Waals surface area (Å²) in [4.78, 5) is 68.8. The van der Waals surface area contributed by atoms with Gasteiger partial charge in [-0.2, -0.15) is 0 Å². The Balaban J connectivity index is -0.0000000655. The molecule has 0 saturated carbocycles. The summed E-state index contributed by atoms with van der Waals surface area (Å²) >= 11 is 0. The molecule has 0 spiro atoms. The van der Waals surface area contributed by atoms with Crippen molar-refractivity contribution in [3.05, 3.63) is 0 Å². The first-order chi connectivity index (χ1) is 6.00. The fourth-order valence-corrected chi connectivity index (χ4v) is 0. The maximum absolute atomic E-state index is 8.77. The molecule has 0 unspecified atom stereocenters. The summed E-state index contributed by atoms with van der Waals surface area (Å²) in [6.45, 7) is 0. The fraction of sp³-hybridized carbons (Fsp3) is 0. The second kappa shape index (κ2) is 10.0. The van der Waals surface area contributed by atoms with Crippen LogP contribution in [-0.4, -0.2) is 29.4 Å². The quantitative estimate of drug-likeness (QED) is 0.139. The van der Waals surface area contributed by atoms with Gasteiger partial charge in [-0.05, 0) is 0 Å². The molecule has 0 radical (unpaired) electrons. The SMILES string of the molecule is O=P([O-])(O)O.O=P([O-])(O)O.O=P([O-])(O)O.[Au+3]. The first-order valence-electron chi connectivity index (χ1n) is 2.30. The minimum atomic E-state index is -4.89. The zero-order valence-corrected chi connectivity index (χ0v) is 11.6. The van der Waals surface area contributed by atoms with E-state index in [1.807, 2.05) is 0 Å². The molecule has 0 aliphatic carbocycles. The average Bonchev–Trinajstić information content (AvgIpc) is 1.41. The van der Waals surface area contributed by atoms with E-state index in [-0.39, 0.29) is 22.4 Å². The van der Waals surface area contributed by atoms with E-state index in [1.165, 1.54) is 0 Å². The van der Waals surface area contributed by atoms with Crippen LogP contribution in [0.1, 0.15) is 0 Å². The second-order valence-electron chi connectivity index (χ2n) is 1.47. The molecule has 0 heterocycles. The summed E-state index contributed by atoms with van der Waals surface area (Å²) in [5, 5.41) is 0. The van der Waals surface area contributed by atoms with Crippen LogP contribution in [0.2, 0.25) is 0 Å². The van der Waals surface area contributed by atoms with E-state index in [2.05, 4.69) is 0 Å². The summed E-state index contributed by atoms with van der Waals surface area (Å²) in [7, 11) is -14.7. The Morgan fingerprint density at radius 2 is 0.562 bits per heavy atom. The van der Waals surface area contributed by atoms with Gasteiger partial charge in [0.25, 0.3) is 23.5 Å². The summed E-state index contributed by atoms with van der Waals surface area (Å²) in [6.07, 6.45) is 0. The Kier molecular flexibility index (Phi) is 16.2. The van der Waals surface area contributed by atoms with Gasteiger partial charge in [-0.3, -0.25) is 13.7 Å². The van der Waals surface area contributed by atoms with Crippen LogP contribution in [0.5, 0.6) is 0 Å². The molecule has 0 aromatic heterocycles. The van der Waals surface area contributed by atoms with Crippen molar-refractivity contribution in [3.8, 4) is 0 Å². The largest absolute Gasteiger partial charge is 3.00 e. The van der Waals surface area contributed by atoms with Gasteiger partial charge in [-0.25, -0.2) is 0 Å². The molecule has 0 saturated heterocycles. The van der Waals surface area contributed by atoms with Crippen molar-refractivity contribution in [2.75, 3.05) is 0 Å². The molecular weight excluding hydrogens is 482 g/mol. The molecule has 0 amide bonds. The smallest absolute Gasteiger partial charge is 0.756 e. The Morgan fingerprint density at radius 1 is 0.562 bits per heavy atom. The van der Waals surface area contributed by atoms with Crippen molar-refractivity contribution >= 4 is 23.5 Å². The number of phosphoric acid groups is 3. The summed E-state index contributed by atoms with van der Waals surface area (Å²) < 4.78 is 26.3. The van der Waals surface area contributed by atoms with Crippen LogP contribution in [0.15, 0.2) is 0 Å². The van der Waals surface area contributed by atoms with E-state index in [1.54, 1.807) is 0 Å². The summed E-state index contributed by atoms with van der Waals surface area (Å²) in [5.74, 6) is 0. The number of rotatable bonds is 0. The van der Waals surface area contributed by atoms with Gasteiger partial charge < -0.3 is 44.0 Å². The van der Waals surface area contributed by atoms with Crippen LogP contribution < -0.4 is 14.7 Å². The molecule has 16 heteroatoms. The number of hydrogen-bond donors (Lipinski definition) is 6. The third-order valence-corrected chi connectivity index (χ3v) is 0. The van der Waals surface area contributed by atoms with Gasteiger partial charge in [0.2, 0.25) is 0 Å². The first-order valence-corrected chi connectivity index (χ1v) is 6.89. The predicted octanol–water partition coefficient (Wildman–Crippen LogP) is -4.68. The molecule has 104 valence electrons. The molecule has 0 fully saturated rings. The van der Waals surface area contributed by atoms with Crippen LogP contribution in [0.3, 0.4) is 0 Å². The van der Waals surface area contributed by atoms with Crippen molar-refractivity contribution in [2.24, 2.45) is 0 Å². The fourth-order valence-electron chi connectivity index (χ4n) is 0. The Hall–Kier alpha value is 1.07. The van der Waals surface area contributed by atoms with Crippen molar-refractivity contribution in [2.45, 2.75) is 0 Å². The Labute approximate surface area is 104 Å². The molecule has 0 rings (SSSR count). The second-order valence-corrected chi connectivity index (χ2v) is 4.42. The monoisotopic (exact) mass is 488 g/mol. The molecule has 0 bridgehead atoms. The van der Waals surface area contributed by atoms with Gasteiger partial charge in [-0.15, -0.1) is 0 Å². The molecule has 0 aromatic carbocycles. The summed E-state index contributed by atoms with van der Waals surface area (Å²) in [5.41, 5.74) is 0. The molecule has 0 aromatic rings. The van der Waals surface area contributed by atoms with Gasteiger partial charge >= 0.3 is 22.4 Å². The van der Waals surface area contributed by atoms with Crippen LogP contribution in [0, 0.1) is 0 Å². The van der Waals surface area contributed by atoms with Crippen molar-refractivity contribution in [1.29, 1.82) is 0 Å².